The highest BCUT2D eigenvalue weighted by Crippen LogP contribution is 2.15. The number of aliphatic carboxylic acids is 1. The summed E-state index contributed by atoms with van der Waals surface area (Å²) in [6, 6.07) is -0.731. The van der Waals surface area contributed by atoms with E-state index < -0.39 is 12.0 Å². The van der Waals surface area contributed by atoms with E-state index in [1.165, 1.54) is 0 Å². The lowest BCUT2D eigenvalue weighted by atomic mass is 10.1. The Hall–Kier alpha value is -1.14. The number of hydrogen-bond acceptors (Lipinski definition) is 4. The molecule has 0 radical (unpaired) electrons. The van der Waals surface area contributed by atoms with Crippen LogP contribution in [0.1, 0.15) is 25.7 Å². The van der Waals surface area contributed by atoms with Crippen molar-refractivity contribution >= 4 is 11.9 Å². The summed E-state index contributed by atoms with van der Waals surface area (Å²) < 4.78 is 5.22. The van der Waals surface area contributed by atoms with Crippen molar-refractivity contribution in [1.82, 2.24) is 5.32 Å². The first kappa shape index (κ1) is 13.9. The number of rotatable bonds is 7. The van der Waals surface area contributed by atoms with E-state index >= 15 is 0 Å². The van der Waals surface area contributed by atoms with E-state index in [0.29, 0.717) is 12.5 Å². The Morgan fingerprint density at radius 2 is 2.29 bits per heavy atom. The highest BCUT2D eigenvalue weighted by molar-refractivity contribution is 5.82. The van der Waals surface area contributed by atoms with Crippen molar-refractivity contribution < 1.29 is 19.4 Å². The molecule has 2 unspecified atom stereocenters. The lowest BCUT2D eigenvalue weighted by molar-refractivity contribution is -0.137. The van der Waals surface area contributed by atoms with E-state index in [0.717, 1.165) is 26.1 Å². The van der Waals surface area contributed by atoms with Crippen molar-refractivity contribution in [2.24, 2.45) is 11.7 Å². The molecule has 17 heavy (non-hydrogen) atoms. The van der Waals surface area contributed by atoms with Gasteiger partial charge in [0.2, 0.25) is 5.91 Å². The fraction of sp³-hybridized carbons (Fsp3) is 0.818. The summed E-state index contributed by atoms with van der Waals surface area (Å²) in [5.74, 6) is -0.688. The van der Waals surface area contributed by atoms with Crippen molar-refractivity contribution in [2.75, 3.05) is 19.8 Å². The number of nitrogens with two attached hydrogens (primary N) is 1. The molecule has 2 atom stereocenters. The molecule has 1 heterocycles. The predicted molar refractivity (Wildman–Crippen MR) is 61.4 cm³/mol. The largest absolute Gasteiger partial charge is 0.481 e. The minimum atomic E-state index is -0.934. The fourth-order valence-corrected chi connectivity index (χ4v) is 1.75. The predicted octanol–water partition coefficient (Wildman–Crippen LogP) is -0.279. The van der Waals surface area contributed by atoms with E-state index in [1.54, 1.807) is 0 Å². The monoisotopic (exact) mass is 244 g/mol. The summed E-state index contributed by atoms with van der Waals surface area (Å²) in [5, 5.41) is 11.2. The van der Waals surface area contributed by atoms with Gasteiger partial charge >= 0.3 is 5.97 Å². The third-order valence-corrected chi connectivity index (χ3v) is 2.88. The quantitative estimate of drug-likeness (QED) is 0.571. The van der Waals surface area contributed by atoms with Crippen molar-refractivity contribution in [2.45, 2.75) is 31.7 Å². The number of amides is 1. The molecule has 1 fully saturated rings. The van der Waals surface area contributed by atoms with Crippen LogP contribution < -0.4 is 11.1 Å². The first-order valence-electron chi connectivity index (χ1n) is 5.92. The maximum absolute atomic E-state index is 11.5. The molecule has 0 aliphatic carbocycles. The van der Waals surface area contributed by atoms with Gasteiger partial charge in [0.15, 0.2) is 0 Å². The number of carbonyl (C=O) groups is 2. The molecule has 1 aliphatic rings. The second-order valence-corrected chi connectivity index (χ2v) is 4.35. The fourth-order valence-electron chi connectivity index (χ4n) is 1.75. The van der Waals surface area contributed by atoms with Crippen LogP contribution in [0.25, 0.3) is 0 Å². The molecular formula is C11H20N2O4. The van der Waals surface area contributed by atoms with Gasteiger partial charge in [-0.1, -0.05) is 0 Å². The molecule has 4 N–H and O–H groups in total. The lowest BCUT2D eigenvalue weighted by Crippen LogP contribution is -2.41. The third-order valence-electron chi connectivity index (χ3n) is 2.88. The van der Waals surface area contributed by atoms with Crippen LogP contribution in [0, 0.1) is 5.92 Å². The van der Waals surface area contributed by atoms with Gasteiger partial charge in [-0.3, -0.25) is 9.59 Å². The maximum Gasteiger partial charge on any atom is 0.303 e. The SMILES string of the molecule is NC(CCC(=O)O)C(=O)NCCC1CCOC1. The average molecular weight is 244 g/mol. The van der Waals surface area contributed by atoms with Crippen LogP contribution in [-0.4, -0.2) is 42.8 Å². The Morgan fingerprint density at radius 1 is 1.53 bits per heavy atom. The zero-order valence-corrected chi connectivity index (χ0v) is 9.85. The molecule has 1 aliphatic heterocycles. The molecule has 6 nitrogen and oxygen atoms in total. The molecule has 0 aromatic rings. The molecule has 0 spiro atoms. The summed E-state index contributed by atoms with van der Waals surface area (Å²) >= 11 is 0. The van der Waals surface area contributed by atoms with Crippen LogP contribution in [0.5, 0.6) is 0 Å². The van der Waals surface area contributed by atoms with Crippen LogP contribution in [-0.2, 0) is 14.3 Å². The van der Waals surface area contributed by atoms with Gasteiger partial charge in [-0.15, -0.1) is 0 Å². The van der Waals surface area contributed by atoms with E-state index in [-0.39, 0.29) is 18.7 Å². The minimum Gasteiger partial charge on any atom is -0.481 e. The van der Waals surface area contributed by atoms with E-state index in [9.17, 15) is 9.59 Å². The Balaban J connectivity index is 2.08. The van der Waals surface area contributed by atoms with Gasteiger partial charge < -0.3 is 20.9 Å². The zero-order valence-electron chi connectivity index (χ0n) is 9.85. The number of carbonyl (C=O) groups excluding carboxylic acids is 1. The first-order valence-corrected chi connectivity index (χ1v) is 5.92. The standard InChI is InChI=1S/C11H20N2O4/c12-9(1-2-10(14)15)11(16)13-5-3-8-4-6-17-7-8/h8-9H,1-7,12H2,(H,13,16)(H,14,15). The van der Waals surface area contributed by atoms with Crippen molar-refractivity contribution in [3.05, 3.63) is 0 Å². The van der Waals surface area contributed by atoms with Crippen LogP contribution in [0.2, 0.25) is 0 Å². The molecule has 0 saturated carbocycles. The van der Waals surface area contributed by atoms with Crippen LogP contribution in [0.3, 0.4) is 0 Å². The third kappa shape index (κ3) is 5.65. The van der Waals surface area contributed by atoms with E-state index in [2.05, 4.69) is 5.32 Å². The molecule has 0 aromatic carbocycles. The smallest absolute Gasteiger partial charge is 0.303 e. The Morgan fingerprint density at radius 3 is 2.88 bits per heavy atom. The minimum absolute atomic E-state index is 0.0783. The Labute approximate surface area is 101 Å². The summed E-state index contributed by atoms with van der Waals surface area (Å²) in [6.45, 7) is 2.14. The molecule has 0 aromatic heterocycles. The molecule has 1 saturated heterocycles. The zero-order chi connectivity index (χ0) is 12.7. The van der Waals surface area contributed by atoms with Gasteiger partial charge in [0.05, 0.1) is 6.04 Å². The van der Waals surface area contributed by atoms with Crippen LogP contribution >= 0.6 is 0 Å². The summed E-state index contributed by atoms with van der Waals surface area (Å²) in [4.78, 5) is 21.8. The number of nitrogens with one attached hydrogen (secondary N) is 1. The van der Waals surface area contributed by atoms with Crippen molar-refractivity contribution in [3.63, 3.8) is 0 Å². The number of ether oxygens (including phenoxy) is 1. The Kier molecular flexibility index (Phi) is 5.93. The maximum atomic E-state index is 11.5. The molecular weight excluding hydrogens is 224 g/mol. The number of carboxylic acid groups (broad SMARTS) is 1. The van der Waals surface area contributed by atoms with Gasteiger partial charge in [0, 0.05) is 26.2 Å². The first-order chi connectivity index (χ1) is 8.09. The van der Waals surface area contributed by atoms with Gasteiger partial charge in [0.1, 0.15) is 0 Å². The summed E-state index contributed by atoms with van der Waals surface area (Å²) in [5.41, 5.74) is 5.56. The summed E-state index contributed by atoms with van der Waals surface area (Å²) in [6.07, 6.45) is 2.02. The Bertz CT molecular complexity index is 264. The highest BCUT2D eigenvalue weighted by atomic mass is 16.5. The normalized spacial score (nSPS) is 21.1. The van der Waals surface area contributed by atoms with Crippen molar-refractivity contribution in [1.29, 1.82) is 0 Å². The molecule has 0 bridgehead atoms. The lowest BCUT2D eigenvalue weighted by Gasteiger charge is -2.12. The van der Waals surface area contributed by atoms with Crippen molar-refractivity contribution in [3.8, 4) is 0 Å². The number of carboxylic acids is 1. The van der Waals surface area contributed by atoms with Crippen LogP contribution in [0.4, 0.5) is 0 Å². The van der Waals surface area contributed by atoms with Crippen LogP contribution in [0.15, 0.2) is 0 Å². The topological polar surface area (TPSA) is 102 Å². The highest BCUT2D eigenvalue weighted by Gasteiger charge is 2.17. The molecule has 1 rings (SSSR count). The number of hydrogen-bond donors (Lipinski definition) is 3. The molecule has 6 heteroatoms. The van der Waals surface area contributed by atoms with Gasteiger partial charge in [-0.2, -0.15) is 0 Å². The average Bonchev–Trinajstić information content (AvgIpc) is 2.78. The van der Waals surface area contributed by atoms with Gasteiger partial charge in [-0.25, -0.2) is 0 Å². The molecule has 1 amide bonds. The van der Waals surface area contributed by atoms with E-state index in [1.807, 2.05) is 0 Å². The second kappa shape index (κ2) is 7.24. The second-order valence-electron chi connectivity index (χ2n) is 4.35. The summed E-state index contributed by atoms with van der Waals surface area (Å²) in [7, 11) is 0. The molecule has 98 valence electrons. The van der Waals surface area contributed by atoms with Gasteiger partial charge in [-0.05, 0) is 25.2 Å². The van der Waals surface area contributed by atoms with E-state index in [4.69, 9.17) is 15.6 Å². The van der Waals surface area contributed by atoms with Gasteiger partial charge in [0.25, 0.3) is 0 Å².